The number of fused-ring (bicyclic) bond motifs is 1. The van der Waals surface area contributed by atoms with E-state index in [4.69, 9.17) is 0 Å². The molecule has 1 saturated heterocycles. The van der Waals surface area contributed by atoms with Gasteiger partial charge < -0.3 is 10.2 Å². The third-order valence-electron chi connectivity index (χ3n) is 4.87. The van der Waals surface area contributed by atoms with Gasteiger partial charge in [-0.1, -0.05) is 24.3 Å². The number of benzene rings is 1. The van der Waals surface area contributed by atoms with Gasteiger partial charge in [-0.15, -0.1) is 5.10 Å². The van der Waals surface area contributed by atoms with Crippen LogP contribution in [-0.4, -0.2) is 29.3 Å². The highest BCUT2D eigenvalue weighted by Crippen LogP contribution is 2.32. The number of hydrogen-bond donors (Lipinski definition) is 1. The standard InChI is InChI=1S/C18H22N4/c1-2-7-16-14(5-1)9-10-17(16)20-15-6-4-12-22(13-15)18-8-3-11-19-21-18/h1-3,5,7-8,11,15,17,20H,4,6,9-10,12-13H2/t15-,17+/m1/s1. The summed E-state index contributed by atoms with van der Waals surface area (Å²) in [6.07, 6.45) is 6.62. The average molecular weight is 294 g/mol. The number of nitrogens with one attached hydrogen (secondary N) is 1. The van der Waals surface area contributed by atoms with Crippen LogP contribution in [0.1, 0.15) is 36.4 Å². The molecule has 0 amide bonds. The molecule has 22 heavy (non-hydrogen) atoms. The zero-order chi connectivity index (χ0) is 14.8. The Morgan fingerprint density at radius 3 is 2.95 bits per heavy atom. The van der Waals surface area contributed by atoms with Gasteiger partial charge in [0.25, 0.3) is 0 Å². The first-order valence-corrected chi connectivity index (χ1v) is 8.26. The maximum atomic E-state index is 4.25. The summed E-state index contributed by atoms with van der Waals surface area (Å²) in [6.45, 7) is 2.11. The van der Waals surface area contributed by atoms with Crippen LogP contribution in [0.4, 0.5) is 5.82 Å². The maximum absolute atomic E-state index is 4.25. The van der Waals surface area contributed by atoms with Crippen molar-refractivity contribution in [3.8, 4) is 0 Å². The van der Waals surface area contributed by atoms with Gasteiger partial charge in [0, 0.05) is 31.4 Å². The molecule has 114 valence electrons. The van der Waals surface area contributed by atoms with E-state index in [2.05, 4.69) is 50.7 Å². The molecule has 1 aromatic heterocycles. The minimum Gasteiger partial charge on any atom is -0.354 e. The molecule has 2 aliphatic rings. The second-order valence-electron chi connectivity index (χ2n) is 6.32. The highest BCUT2D eigenvalue weighted by Gasteiger charge is 2.27. The summed E-state index contributed by atoms with van der Waals surface area (Å²) in [4.78, 5) is 2.36. The molecule has 0 saturated carbocycles. The number of piperidine rings is 1. The number of aromatic nitrogens is 2. The number of rotatable bonds is 3. The van der Waals surface area contributed by atoms with E-state index in [1.54, 1.807) is 6.20 Å². The quantitative estimate of drug-likeness (QED) is 0.945. The van der Waals surface area contributed by atoms with E-state index in [0.717, 1.165) is 18.9 Å². The predicted molar refractivity (Wildman–Crippen MR) is 87.9 cm³/mol. The summed E-state index contributed by atoms with van der Waals surface area (Å²) in [5, 5.41) is 12.1. The second kappa shape index (κ2) is 6.05. The third-order valence-corrected chi connectivity index (χ3v) is 4.87. The molecule has 2 heterocycles. The van der Waals surface area contributed by atoms with Gasteiger partial charge >= 0.3 is 0 Å². The van der Waals surface area contributed by atoms with E-state index in [1.807, 2.05) is 6.07 Å². The fourth-order valence-electron chi connectivity index (χ4n) is 3.80. The first kappa shape index (κ1) is 13.7. The van der Waals surface area contributed by atoms with Crippen molar-refractivity contribution in [1.29, 1.82) is 0 Å². The number of hydrogen-bond acceptors (Lipinski definition) is 4. The summed E-state index contributed by atoms with van der Waals surface area (Å²) in [7, 11) is 0. The average Bonchev–Trinajstić information content (AvgIpc) is 2.99. The van der Waals surface area contributed by atoms with Crippen molar-refractivity contribution in [3.05, 3.63) is 53.7 Å². The minimum absolute atomic E-state index is 0.517. The largest absolute Gasteiger partial charge is 0.354 e. The van der Waals surface area contributed by atoms with Gasteiger partial charge in [-0.3, -0.25) is 0 Å². The SMILES string of the molecule is c1cnnc(N2CCC[C@@H](N[C@H]3CCc4ccccc43)C2)c1. The Kier molecular flexibility index (Phi) is 3.77. The minimum atomic E-state index is 0.517. The fourth-order valence-corrected chi connectivity index (χ4v) is 3.80. The highest BCUT2D eigenvalue weighted by molar-refractivity contribution is 5.38. The topological polar surface area (TPSA) is 41.1 Å². The lowest BCUT2D eigenvalue weighted by molar-refractivity contribution is 0.374. The predicted octanol–water partition coefficient (Wildman–Crippen LogP) is 2.72. The summed E-state index contributed by atoms with van der Waals surface area (Å²) in [5.41, 5.74) is 3.01. The summed E-state index contributed by atoms with van der Waals surface area (Å²) < 4.78 is 0. The van der Waals surface area contributed by atoms with Gasteiger partial charge in [-0.25, -0.2) is 0 Å². The van der Waals surface area contributed by atoms with E-state index in [-0.39, 0.29) is 0 Å². The van der Waals surface area contributed by atoms with Crippen LogP contribution < -0.4 is 10.2 Å². The summed E-state index contributed by atoms with van der Waals surface area (Å²) in [6, 6.07) is 13.9. The molecule has 0 unspecified atom stereocenters. The van der Waals surface area contributed by atoms with E-state index in [1.165, 1.54) is 36.8 Å². The van der Waals surface area contributed by atoms with Crippen LogP contribution in [0.5, 0.6) is 0 Å². The van der Waals surface area contributed by atoms with Crippen molar-refractivity contribution in [2.45, 2.75) is 37.8 Å². The van der Waals surface area contributed by atoms with Crippen LogP contribution in [-0.2, 0) is 6.42 Å². The van der Waals surface area contributed by atoms with Crippen molar-refractivity contribution >= 4 is 5.82 Å². The summed E-state index contributed by atoms with van der Waals surface area (Å²) in [5.74, 6) is 1.00. The van der Waals surface area contributed by atoms with Crippen molar-refractivity contribution in [3.63, 3.8) is 0 Å². The molecular weight excluding hydrogens is 272 g/mol. The molecule has 1 N–H and O–H groups in total. The lowest BCUT2D eigenvalue weighted by Crippen LogP contribution is -2.47. The molecule has 4 rings (SSSR count). The maximum Gasteiger partial charge on any atom is 0.151 e. The lowest BCUT2D eigenvalue weighted by atomic mass is 10.0. The monoisotopic (exact) mass is 294 g/mol. The number of anilines is 1. The van der Waals surface area contributed by atoms with Gasteiger partial charge in [0.15, 0.2) is 5.82 Å². The van der Waals surface area contributed by atoms with Crippen LogP contribution in [0.3, 0.4) is 0 Å². The molecule has 1 aliphatic carbocycles. The normalized spacial score (nSPS) is 24.3. The van der Waals surface area contributed by atoms with Gasteiger partial charge in [0.1, 0.15) is 0 Å². The van der Waals surface area contributed by atoms with Gasteiger partial charge in [-0.05, 0) is 48.9 Å². The molecule has 2 atom stereocenters. The fraction of sp³-hybridized carbons (Fsp3) is 0.444. The van der Waals surface area contributed by atoms with Crippen LogP contribution in [0.15, 0.2) is 42.6 Å². The van der Waals surface area contributed by atoms with Crippen LogP contribution in [0.25, 0.3) is 0 Å². The molecule has 1 fully saturated rings. The zero-order valence-corrected chi connectivity index (χ0v) is 12.8. The number of aryl methyl sites for hydroxylation is 1. The molecule has 0 spiro atoms. The van der Waals surface area contributed by atoms with Crippen molar-refractivity contribution in [1.82, 2.24) is 15.5 Å². The molecule has 1 aromatic carbocycles. The smallest absolute Gasteiger partial charge is 0.151 e. The van der Waals surface area contributed by atoms with Crippen molar-refractivity contribution in [2.75, 3.05) is 18.0 Å². The number of nitrogens with zero attached hydrogens (tertiary/aromatic N) is 3. The Morgan fingerprint density at radius 2 is 2.05 bits per heavy atom. The molecule has 4 heteroatoms. The first-order chi connectivity index (χ1) is 10.9. The van der Waals surface area contributed by atoms with Gasteiger partial charge in [0.2, 0.25) is 0 Å². The molecule has 4 nitrogen and oxygen atoms in total. The van der Waals surface area contributed by atoms with Crippen molar-refractivity contribution < 1.29 is 0 Å². The Hall–Kier alpha value is -1.94. The Morgan fingerprint density at radius 1 is 1.09 bits per heavy atom. The Labute approximate surface area is 131 Å². The molecule has 1 aliphatic heterocycles. The molecule has 0 bridgehead atoms. The van der Waals surface area contributed by atoms with Gasteiger partial charge in [-0.2, -0.15) is 5.10 Å². The zero-order valence-electron chi connectivity index (χ0n) is 12.8. The lowest BCUT2D eigenvalue weighted by Gasteiger charge is -2.35. The van der Waals surface area contributed by atoms with E-state index in [0.29, 0.717) is 12.1 Å². The molecule has 0 radical (unpaired) electrons. The van der Waals surface area contributed by atoms with Crippen LogP contribution in [0.2, 0.25) is 0 Å². The second-order valence-corrected chi connectivity index (χ2v) is 6.32. The first-order valence-electron chi connectivity index (χ1n) is 8.26. The Balaban J connectivity index is 1.44. The van der Waals surface area contributed by atoms with E-state index in [9.17, 15) is 0 Å². The Bertz CT molecular complexity index is 628. The summed E-state index contributed by atoms with van der Waals surface area (Å²) >= 11 is 0. The van der Waals surface area contributed by atoms with Gasteiger partial charge in [0.05, 0.1) is 0 Å². The molecule has 2 aromatic rings. The van der Waals surface area contributed by atoms with E-state index < -0.39 is 0 Å². The van der Waals surface area contributed by atoms with Crippen LogP contribution in [0, 0.1) is 0 Å². The van der Waals surface area contributed by atoms with Crippen molar-refractivity contribution in [2.24, 2.45) is 0 Å². The molecular formula is C18H22N4. The van der Waals surface area contributed by atoms with Crippen LogP contribution >= 0.6 is 0 Å². The third kappa shape index (κ3) is 2.71. The highest BCUT2D eigenvalue weighted by atomic mass is 15.3. The van der Waals surface area contributed by atoms with E-state index >= 15 is 0 Å².